The molecule has 2 aromatic rings. The fraction of sp³-hybridized carbons (Fsp3) is 0.143. The van der Waals surface area contributed by atoms with Gasteiger partial charge in [-0.2, -0.15) is 0 Å². The molecule has 0 unspecified atom stereocenters. The summed E-state index contributed by atoms with van der Waals surface area (Å²) in [6, 6.07) is 10.4. The highest BCUT2D eigenvalue weighted by Gasteiger charge is 2.04. The predicted molar refractivity (Wildman–Crippen MR) is 83.8 cm³/mol. The fourth-order valence-electron chi connectivity index (χ4n) is 1.68. The summed E-state index contributed by atoms with van der Waals surface area (Å²) in [6.45, 7) is 1.21. The second-order valence-electron chi connectivity index (χ2n) is 4.08. The second kappa shape index (κ2) is 6.84. The van der Waals surface area contributed by atoms with Gasteiger partial charge in [0.15, 0.2) is 0 Å². The highest BCUT2D eigenvalue weighted by atomic mass is 79.9. The Morgan fingerprint density at radius 1 is 1.00 bits per heavy atom. The third-order valence-corrected chi connectivity index (χ3v) is 4.27. The average molecular weight is 408 g/mol. The smallest absolute Gasteiger partial charge is 0.123 e. The summed E-state index contributed by atoms with van der Waals surface area (Å²) < 4.78 is 15.0. The standard InChI is InChI=1S/C14H11Br2ClFN/c15-11-2-1-9(14(17)6-11)7-19-8-10-5-12(18)3-4-13(10)16/h1-6,19H,7-8H2. The van der Waals surface area contributed by atoms with Crippen LogP contribution in [0.25, 0.3) is 0 Å². The van der Waals surface area contributed by atoms with E-state index in [1.807, 2.05) is 18.2 Å². The maximum absolute atomic E-state index is 13.1. The molecule has 0 spiro atoms. The van der Waals surface area contributed by atoms with E-state index in [-0.39, 0.29) is 5.82 Å². The van der Waals surface area contributed by atoms with Crippen molar-refractivity contribution in [2.45, 2.75) is 13.1 Å². The first-order chi connectivity index (χ1) is 9.06. The molecule has 2 aromatic carbocycles. The van der Waals surface area contributed by atoms with Gasteiger partial charge in [-0.3, -0.25) is 0 Å². The van der Waals surface area contributed by atoms with Crippen molar-refractivity contribution in [3.8, 4) is 0 Å². The van der Waals surface area contributed by atoms with Gasteiger partial charge in [0.2, 0.25) is 0 Å². The van der Waals surface area contributed by atoms with Crippen molar-refractivity contribution in [2.24, 2.45) is 0 Å². The average Bonchev–Trinajstić information content (AvgIpc) is 2.36. The molecule has 0 saturated heterocycles. The molecule has 0 aliphatic carbocycles. The van der Waals surface area contributed by atoms with Gasteiger partial charge in [0.1, 0.15) is 5.82 Å². The van der Waals surface area contributed by atoms with Gasteiger partial charge in [-0.25, -0.2) is 4.39 Å². The number of hydrogen-bond acceptors (Lipinski definition) is 1. The summed E-state index contributed by atoms with van der Waals surface area (Å²) in [7, 11) is 0. The van der Waals surface area contributed by atoms with Crippen LogP contribution in [0.4, 0.5) is 4.39 Å². The molecule has 19 heavy (non-hydrogen) atoms. The molecule has 0 aliphatic heterocycles. The summed E-state index contributed by atoms with van der Waals surface area (Å²) >= 11 is 12.9. The van der Waals surface area contributed by atoms with Crippen LogP contribution in [0.5, 0.6) is 0 Å². The maximum Gasteiger partial charge on any atom is 0.123 e. The molecular weight excluding hydrogens is 396 g/mol. The van der Waals surface area contributed by atoms with Crippen LogP contribution in [0, 0.1) is 5.82 Å². The minimum atomic E-state index is -0.235. The van der Waals surface area contributed by atoms with Crippen LogP contribution in [-0.2, 0) is 13.1 Å². The molecule has 1 nitrogen and oxygen atoms in total. The van der Waals surface area contributed by atoms with Crippen LogP contribution >= 0.6 is 43.5 Å². The van der Waals surface area contributed by atoms with E-state index in [1.54, 1.807) is 6.07 Å². The molecule has 0 amide bonds. The molecule has 0 aromatic heterocycles. The van der Waals surface area contributed by atoms with Crippen LogP contribution < -0.4 is 5.32 Å². The van der Waals surface area contributed by atoms with Crippen molar-refractivity contribution in [3.63, 3.8) is 0 Å². The molecule has 2 rings (SSSR count). The van der Waals surface area contributed by atoms with E-state index in [9.17, 15) is 4.39 Å². The van der Waals surface area contributed by atoms with Crippen molar-refractivity contribution in [1.29, 1.82) is 0 Å². The summed E-state index contributed by atoms with van der Waals surface area (Å²) in [5.74, 6) is -0.235. The summed E-state index contributed by atoms with van der Waals surface area (Å²) in [6.07, 6.45) is 0. The number of hydrogen-bond donors (Lipinski definition) is 1. The number of rotatable bonds is 4. The zero-order chi connectivity index (χ0) is 13.8. The third kappa shape index (κ3) is 4.28. The fourth-order valence-corrected chi connectivity index (χ4v) is 2.80. The third-order valence-electron chi connectivity index (χ3n) is 2.65. The molecule has 5 heteroatoms. The van der Waals surface area contributed by atoms with Gasteiger partial charge < -0.3 is 5.32 Å². The largest absolute Gasteiger partial charge is 0.309 e. The van der Waals surface area contributed by atoms with Gasteiger partial charge in [-0.05, 0) is 41.5 Å². The number of benzene rings is 2. The van der Waals surface area contributed by atoms with E-state index < -0.39 is 0 Å². The molecule has 1 N–H and O–H groups in total. The molecule has 0 aliphatic rings. The molecule has 0 radical (unpaired) electrons. The zero-order valence-electron chi connectivity index (χ0n) is 9.89. The van der Waals surface area contributed by atoms with Crippen molar-refractivity contribution in [2.75, 3.05) is 0 Å². The highest BCUT2D eigenvalue weighted by molar-refractivity contribution is 9.10. The Labute approximate surface area is 133 Å². The van der Waals surface area contributed by atoms with E-state index in [0.717, 1.165) is 20.1 Å². The molecule has 0 bridgehead atoms. The Balaban J connectivity index is 1.98. The van der Waals surface area contributed by atoms with Crippen LogP contribution in [0.1, 0.15) is 11.1 Å². The predicted octanol–water partition coefficient (Wildman–Crippen LogP) is 5.29. The van der Waals surface area contributed by atoms with E-state index in [0.29, 0.717) is 18.1 Å². The molecule has 0 saturated carbocycles. The molecule has 100 valence electrons. The lowest BCUT2D eigenvalue weighted by Gasteiger charge is -2.09. The van der Waals surface area contributed by atoms with Gasteiger partial charge in [-0.15, -0.1) is 0 Å². The van der Waals surface area contributed by atoms with Gasteiger partial charge in [0.25, 0.3) is 0 Å². The minimum Gasteiger partial charge on any atom is -0.309 e. The Morgan fingerprint density at radius 3 is 2.47 bits per heavy atom. The molecule has 0 heterocycles. The lowest BCUT2D eigenvalue weighted by molar-refractivity contribution is 0.619. The van der Waals surface area contributed by atoms with E-state index in [1.165, 1.54) is 12.1 Å². The molecule has 0 fully saturated rings. The highest BCUT2D eigenvalue weighted by Crippen LogP contribution is 2.22. The van der Waals surface area contributed by atoms with Gasteiger partial charge in [0, 0.05) is 27.1 Å². The van der Waals surface area contributed by atoms with E-state index >= 15 is 0 Å². The van der Waals surface area contributed by atoms with Crippen LogP contribution in [0.2, 0.25) is 5.02 Å². The zero-order valence-corrected chi connectivity index (χ0v) is 13.8. The van der Waals surface area contributed by atoms with E-state index in [4.69, 9.17) is 11.6 Å². The summed E-state index contributed by atoms with van der Waals surface area (Å²) in [4.78, 5) is 0. The van der Waals surface area contributed by atoms with Gasteiger partial charge >= 0.3 is 0 Å². The monoisotopic (exact) mass is 405 g/mol. The van der Waals surface area contributed by atoms with Crippen LogP contribution in [0.3, 0.4) is 0 Å². The first kappa shape index (κ1) is 15.0. The summed E-state index contributed by atoms with van der Waals surface area (Å²) in [5, 5.41) is 3.96. The van der Waals surface area contributed by atoms with Crippen molar-refractivity contribution >= 4 is 43.5 Å². The van der Waals surface area contributed by atoms with Crippen LogP contribution in [-0.4, -0.2) is 0 Å². The first-order valence-corrected chi connectivity index (χ1v) is 7.61. The summed E-state index contributed by atoms with van der Waals surface area (Å²) in [5.41, 5.74) is 1.89. The molecule has 0 atom stereocenters. The maximum atomic E-state index is 13.1. The topological polar surface area (TPSA) is 12.0 Å². The first-order valence-electron chi connectivity index (χ1n) is 5.65. The lowest BCUT2D eigenvalue weighted by Crippen LogP contribution is -2.13. The van der Waals surface area contributed by atoms with Crippen molar-refractivity contribution < 1.29 is 4.39 Å². The molecular formula is C14H11Br2ClFN. The Kier molecular flexibility index (Phi) is 5.39. The van der Waals surface area contributed by atoms with Crippen molar-refractivity contribution in [3.05, 3.63) is 67.3 Å². The van der Waals surface area contributed by atoms with Gasteiger partial charge in [0.05, 0.1) is 0 Å². The van der Waals surface area contributed by atoms with Crippen LogP contribution in [0.15, 0.2) is 45.3 Å². The number of halogens is 4. The SMILES string of the molecule is Fc1ccc(Br)c(CNCc2ccc(Br)cc2Cl)c1. The Hall–Kier alpha value is -0.420. The Morgan fingerprint density at radius 2 is 1.74 bits per heavy atom. The minimum absolute atomic E-state index is 0.235. The van der Waals surface area contributed by atoms with E-state index in [2.05, 4.69) is 37.2 Å². The second-order valence-corrected chi connectivity index (χ2v) is 6.25. The Bertz CT molecular complexity index is 590. The van der Waals surface area contributed by atoms with Gasteiger partial charge in [-0.1, -0.05) is 49.5 Å². The van der Waals surface area contributed by atoms with Crippen molar-refractivity contribution in [1.82, 2.24) is 5.32 Å². The normalized spacial score (nSPS) is 10.7. The number of nitrogens with one attached hydrogen (secondary N) is 1. The quantitative estimate of drug-likeness (QED) is 0.726. The lowest BCUT2D eigenvalue weighted by atomic mass is 10.2.